The summed E-state index contributed by atoms with van der Waals surface area (Å²) < 4.78 is 28.9. The lowest BCUT2D eigenvalue weighted by atomic mass is 10.0. The topological polar surface area (TPSA) is 52.6 Å². The molecule has 0 aromatic heterocycles. The molecule has 1 atom stereocenters. The van der Waals surface area contributed by atoms with Crippen LogP contribution in [0.5, 0.6) is 0 Å². The summed E-state index contributed by atoms with van der Waals surface area (Å²) in [7, 11) is 6.44. The lowest BCUT2D eigenvalue weighted by Crippen LogP contribution is -2.52. The first-order valence-corrected chi connectivity index (χ1v) is 24.3. The van der Waals surface area contributed by atoms with E-state index >= 15 is 0 Å². The van der Waals surface area contributed by atoms with Gasteiger partial charge in [-0.15, -0.1) is 0 Å². The molecule has 0 N–H and O–H groups in total. The average Bonchev–Trinajstić information content (AvgIpc) is 2.94. The summed E-state index contributed by atoms with van der Waals surface area (Å²) in [6.07, 6.45) is 3.42. The van der Waals surface area contributed by atoms with E-state index in [2.05, 4.69) is 69.9 Å². The predicted molar refractivity (Wildman–Crippen MR) is 180 cm³/mol. The third-order valence-corrected chi connectivity index (χ3v) is 16.9. The molecule has 0 fully saturated rings. The van der Waals surface area contributed by atoms with Crippen molar-refractivity contribution in [2.45, 2.75) is 77.4 Å². The van der Waals surface area contributed by atoms with Gasteiger partial charge in [0, 0.05) is 54.3 Å². The van der Waals surface area contributed by atoms with E-state index in [1.54, 1.807) is 51.5 Å². The number of hydrogen-bond donors (Lipinski definition) is 0. The highest BCUT2D eigenvalue weighted by atomic mass is 28.4. The van der Waals surface area contributed by atoms with Gasteiger partial charge in [0.2, 0.25) is 0 Å². The minimum atomic E-state index is -2.87. The largest absolute Gasteiger partial charge is 0.507 e. The summed E-state index contributed by atoms with van der Waals surface area (Å²) in [5.41, 5.74) is 4.56. The lowest BCUT2D eigenvalue weighted by Gasteiger charge is -2.37. The van der Waals surface area contributed by atoms with Crippen molar-refractivity contribution in [3.05, 3.63) is 17.2 Å². The Balaban J connectivity index is 3.41. The smallest absolute Gasteiger partial charge is 0.397 e. The molecule has 0 saturated heterocycles. The van der Waals surface area contributed by atoms with Gasteiger partial charge in [0.25, 0.3) is 0 Å². The molecule has 1 aromatic rings. The van der Waals surface area contributed by atoms with E-state index in [9.17, 15) is 0 Å². The SMILES string of the molecule is CCN(CC)c1c(CC[Si]CN(C)CCC[Si](OC)OC)c([Si](C)C)cc(C(C)[Si](OC)(OC)OC)c1[Si](C)C. The zero-order valence-corrected chi connectivity index (χ0v) is 32.7. The van der Waals surface area contributed by atoms with Crippen LogP contribution in [0.3, 0.4) is 0 Å². The van der Waals surface area contributed by atoms with E-state index in [-0.39, 0.29) is 5.54 Å². The van der Waals surface area contributed by atoms with Crippen LogP contribution >= 0.6 is 0 Å². The molecule has 7 nitrogen and oxygen atoms in total. The van der Waals surface area contributed by atoms with Crippen LogP contribution in [-0.2, 0) is 28.6 Å². The lowest BCUT2D eigenvalue weighted by molar-refractivity contribution is 0.114. The predicted octanol–water partition coefficient (Wildman–Crippen LogP) is 3.70. The molecule has 5 radical (unpaired) electrons. The zero-order valence-electron chi connectivity index (χ0n) is 27.7. The van der Waals surface area contributed by atoms with Gasteiger partial charge >= 0.3 is 18.1 Å². The molecule has 0 aliphatic carbocycles. The Morgan fingerprint density at radius 2 is 1.50 bits per heavy atom. The number of hydrogen-bond acceptors (Lipinski definition) is 7. The number of anilines is 1. The van der Waals surface area contributed by atoms with Gasteiger partial charge in [-0.05, 0) is 68.8 Å². The highest BCUT2D eigenvalue weighted by molar-refractivity contribution is 6.75. The van der Waals surface area contributed by atoms with E-state index in [0.29, 0.717) is 0 Å². The monoisotopic (exact) mass is 641 g/mol. The summed E-state index contributed by atoms with van der Waals surface area (Å²) >= 11 is 0. The summed E-state index contributed by atoms with van der Waals surface area (Å²) in [4.78, 5) is 5.09. The van der Waals surface area contributed by atoms with Crippen LogP contribution in [0.1, 0.15) is 43.9 Å². The summed E-state index contributed by atoms with van der Waals surface area (Å²) in [5, 5.41) is 3.11. The molecule has 0 spiro atoms. The van der Waals surface area contributed by atoms with Crippen molar-refractivity contribution >= 4 is 61.3 Å². The molecular weight excluding hydrogens is 585 g/mol. The second kappa shape index (κ2) is 19.2. The van der Waals surface area contributed by atoms with Gasteiger partial charge in [0.1, 0.15) is 0 Å². The van der Waals surface area contributed by atoms with Gasteiger partial charge in [-0.2, -0.15) is 0 Å². The van der Waals surface area contributed by atoms with E-state index < -0.39 is 35.7 Å². The van der Waals surface area contributed by atoms with Crippen LogP contribution in [0, 0.1) is 0 Å². The molecule has 12 heteroatoms. The fraction of sp³-hybridized carbons (Fsp3) is 0.786. The fourth-order valence-electron chi connectivity index (χ4n) is 5.50. The molecule has 40 heavy (non-hydrogen) atoms. The van der Waals surface area contributed by atoms with Crippen LogP contribution in [-0.4, -0.2) is 119 Å². The minimum Gasteiger partial charge on any atom is -0.397 e. The fourth-order valence-corrected chi connectivity index (χ4v) is 12.9. The van der Waals surface area contributed by atoms with Crippen LogP contribution in [0.25, 0.3) is 0 Å². The van der Waals surface area contributed by atoms with Crippen LogP contribution in [0.4, 0.5) is 5.69 Å². The van der Waals surface area contributed by atoms with E-state index in [1.165, 1.54) is 17.3 Å². The highest BCUT2D eigenvalue weighted by Crippen LogP contribution is 2.32. The Kier molecular flexibility index (Phi) is 18.2. The Bertz CT molecular complexity index is 845. The molecule has 0 bridgehead atoms. The van der Waals surface area contributed by atoms with Gasteiger partial charge in [0.05, 0.1) is 32.7 Å². The highest BCUT2D eigenvalue weighted by Gasteiger charge is 2.47. The van der Waals surface area contributed by atoms with Gasteiger partial charge in [-0.25, -0.2) is 0 Å². The van der Waals surface area contributed by atoms with Crippen LogP contribution in [0.15, 0.2) is 6.07 Å². The van der Waals surface area contributed by atoms with Crippen molar-refractivity contribution in [2.24, 2.45) is 0 Å². The normalized spacial score (nSPS) is 13.3. The maximum Gasteiger partial charge on any atom is 0.507 e. The molecule has 0 aliphatic rings. The van der Waals surface area contributed by atoms with E-state index in [1.807, 2.05) is 0 Å². The molecule has 229 valence electrons. The van der Waals surface area contributed by atoms with Crippen molar-refractivity contribution in [2.75, 3.05) is 73.3 Å². The quantitative estimate of drug-likeness (QED) is 0.150. The first-order chi connectivity index (χ1) is 19.0. The Labute approximate surface area is 255 Å². The molecule has 0 heterocycles. The van der Waals surface area contributed by atoms with Crippen molar-refractivity contribution in [1.29, 1.82) is 0 Å². The second-order valence-corrected chi connectivity index (χ2v) is 22.4. The van der Waals surface area contributed by atoms with Crippen molar-refractivity contribution in [1.82, 2.24) is 4.90 Å². The maximum absolute atomic E-state index is 6.01. The van der Waals surface area contributed by atoms with Gasteiger partial charge in [-0.3, -0.25) is 0 Å². The van der Waals surface area contributed by atoms with Gasteiger partial charge < -0.3 is 31.9 Å². The van der Waals surface area contributed by atoms with Crippen molar-refractivity contribution in [3.8, 4) is 0 Å². The van der Waals surface area contributed by atoms with Crippen molar-refractivity contribution < 1.29 is 22.1 Å². The Hall–Kier alpha value is -0.136. The number of nitrogens with zero attached hydrogens (tertiary/aromatic N) is 2. The molecule has 0 saturated carbocycles. The standard InChI is InChI=1S/C28H57N2O5Si5/c1-14-30(15-2)27-24(17-19-36-22-29(4)18-16-20-39(31-5)32-6)26(37(10)11)21-25(28(27)38(12)13)23(3)40(33-7,34-8)35-9/h21,23H,14-20,22H2,1-13H3. The number of benzene rings is 1. The average molecular weight is 642 g/mol. The zero-order chi connectivity index (χ0) is 30.5. The molecule has 1 rings (SSSR count). The number of rotatable bonds is 21. The van der Waals surface area contributed by atoms with Gasteiger partial charge in [0.15, 0.2) is 0 Å². The Morgan fingerprint density at radius 3 is 1.95 bits per heavy atom. The third-order valence-electron chi connectivity index (χ3n) is 7.71. The first-order valence-electron chi connectivity index (χ1n) is 14.6. The van der Waals surface area contributed by atoms with E-state index in [0.717, 1.165) is 54.2 Å². The molecule has 1 aromatic carbocycles. The molecule has 0 aliphatic heterocycles. The first kappa shape index (κ1) is 37.9. The van der Waals surface area contributed by atoms with E-state index in [4.69, 9.17) is 22.1 Å². The third kappa shape index (κ3) is 9.96. The second-order valence-electron chi connectivity index (χ2n) is 10.7. The minimum absolute atomic E-state index is 0.0689. The molecular formula is C28H57N2O5Si5. The molecule has 0 amide bonds. The summed E-state index contributed by atoms with van der Waals surface area (Å²) in [6.45, 7) is 19.7. The summed E-state index contributed by atoms with van der Waals surface area (Å²) in [6, 6.07) is 4.79. The Morgan fingerprint density at radius 1 is 0.925 bits per heavy atom. The van der Waals surface area contributed by atoms with Gasteiger partial charge in [-0.1, -0.05) is 50.4 Å². The maximum atomic E-state index is 6.01. The van der Waals surface area contributed by atoms with Crippen LogP contribution in [0.2, 0.25) is 38.3 Å². The van der Waals surface area contributed by atoms with Crippen molar-refractivity contribution in [3.63, 3.8) is 0 Å². The van der Waals surface area contributed by atoms with Crippen LogP contribution < -0.4 is 15.3 Å². The summed E-state index contributed by atoms with van der Waals surface area (Å²) in [5.74, 6) is 0. The molecule has 1 unspecified atom stereocenters.